The molecule has 3 rings (SSSR count). The molecule has 3 aliphatic carbocycles. The number of esters is 3. The number of ether oxygens (including phenoxy) is 3. The second kappa shape index (κ2) is 11.0. The number of carbonyl (C=O) groups is 4. The monoisotopic (exact) mass is 438 g/mol. The fourth-order valence-corrected chi connectivity index (χ4v) is 5.02. The molecule has 8 heteroatoms. The summed E-state index contributed by atoms with van der Waals surface area (Å²) in [6, 6.07) is 0. The molecular formula is C23H34O8. The number of hydrogen-bond donors (Lipinski definition) is 1. The van der Waals surface area contributed by atoms with Gasteiger partial charge in [0, 0.05) is 6.92 Å². The Kier molecular flexibility index (Phi) is 8.32. The molecule has 0 atom stereocenters. The van der Waals surface area contributed by atoms with Crippen molar-refractivity contribution in [3.05, 3.63) is 0 Å². The van der Waals surface area contributed by atoms with E-state index in [0.717, 1.165) is 0 Å². The number of hydrogen-bond acceptors (Lipinski definition) is 7. The maximum atomic E-state index is 12.5. The smallest absolute Gasteiger partial charge is 0.309 e. The lowest BCUT2D eigenvalue weighted by Gasteiger charge is -2.32. The predicted octanol–water partition coefficient (Wildman–Crippen LogP) is 3.40. The van der Waals surface area contributed by atoms with Crippen LogP contribution in [-0.2, 0) is 33.4 Å². The zero-order valence-corrected chi connectivity index (χ0v) is 18.3. The Morgan fingerprint density at radius 3 is 1.19 bits per heavy atom. The Bertz CT molecular complexity index is 650. The van der Waals surface area contributed by atoms with Gasteiger partial charge in [-0.05, 0) is 77.0 Å². The first-order chi connectivity index (χ1) is 14.8. The van der Waals surface area contributed by atoms with Gasteiger partial charge in [0.25, 0.3) is 0 Å². The van der Waals surface area contributed by atoms with E-state index in [4.69, 9.17) is 19.3 Å². The third kappa shape index (κ3) is 6.94. The molecule has 0 spiro atoms. The number of carboxylic acids is 1. The van der Waals surface area contributed by atoms with Crippen molar-refractivity contribution >= 4 is 23.9 Å². The van der Waals surface area contributed by atoms with Crippen LogP contribution in [0, 0.1) is 17.8 Å². The molecule has 0 aliphatic heterocycles. The van der Waals surface area contributed by atoms with Crippen molar-refractivity contribution in [3.8, 4) is 0 Å². The quantitative estimate of drug-likeness (QED) is 0.495. The van der Waals surface area contributed by atoms with E-state index in [1.807, 2.05) is 0 Å². The molecule has 3 fully saturated rings. The Labute approximate surface area is 183 Å². The van der Waals surface area contributed by atoms with E-state index < -0.39 is 5.97 Å². The topological polar surface area (TPSA) is 116 Å². The van der Waals surface area contributed by atoms with Crippen molar-refractivity contribution in [2.75, 3.05) is 0 Å². The molecule has 0 amide bonds. The van der Waals surface area contributed by atoms with Crippen molar-refractivity contribution < 1.29 is 38.5 Å². The number of carboxylic acid groups (broad SMARTS) is 1. The van der Waals surface area contributed by atoms with E-state index in [1.165, 1.54) is 6.92 Å². The third-order valence-electron chi connectivity index (χ3n) is 6.94. The Morgan fingerprint density at radius 2 is 0.871 bits per heavy atom. The van der Waals surface area contributed by atoms with Crippen molar-refractivity contribution in [3.63, 3.8) is 0 Å². The molecule has 0 bridgehead atoms. The average Bonchev–Trinajstić information content (AvgIpc) is 2.74. The van der Waals surface area contributed by atoms with Crippen LogP contribution >= 0.6 is 0 Å². The highest BCUT2D eigenvalue weighted by Crippen LogP contribution is 2.33. The summed E-state index contributed by atoms with van der Waals surface area (Å²) >= 11 is 0. The molecule has 0 radical (unpaired) electrons. The molecule has 31 heavy (non-hydrogen) atoms. The maximum absolute atomic E-state index is 12.5. The van der Waals surface area contributed by atoms with Gasteiger partial charge in [0.1, 0.15) is 18.3 Å². The minimum absolute atomic E-state index is 0.0952. The van der Waals surface area contributed by atoms with E-state index in [0.29, 0.717) is 77.0 Å². The van der Waals surface area contributed by atoms with Gasteiger partial charge in [0.2, 0.25) is 0 Å². The average molecular weight is 439 g/mol. The van der Waals surface area contributed by atoms with Crippen molar-refractivity contribution in [1.82, 2.24) is 0 Å². The maximum Gasteiger partial charge on any atom is 0.309 e. The fourth-order valence-electron chi connectivity index (χ4n) is 5.02. The Balaban J connectivity index is 1.33. The summed E-state index contributed by atoms with van der Waals surface area (Å²) in [5, 5.41) is 9.06. The summed E-state index contributed by atoms with van der Waals surface area (Å²) in [6.45, 7) is 1.40. The van der Waals surface area contributed by atoms with Gasteiger partial charge in [0.05, 0.1) is 17.8 Å². The fraction of sp³-hybridized carbons (Fsp3) is 0.826. The van der Waals surface area contributed by atoms with Crippen LogP contribution in [0.1, 0.15) is 84.0 Å². The van der Waals surface area contributed by atoms with Crippen LogP contribution < -0.4 is 0 Å². The zero-order valence-electron chi connectivity index (χ0n) is 18.3. The second-order valence-electron chi connectivity index (χ2n) is 9.24. The molecule has 0 heterocycles. The molecule has 1 N–H and O–H groups in total. The molecule has 0 aromatic rings. The normalized spacial score (nSPS) is 33.7. The van der Waals surface area contributed by atoms with Crippen LogP contribution in [0.5, 0.6) is 0 Å². The van der Waals surface area contributed by atoms with Crippen molar-refractivity contribution in [2.24, 2.45) is 17.8 Å². The van der Waals surface area contributed by atoms with Crippen LogP contribution in [0.25, 0.3) is 0 Å². The number of rotatable bonds is 6. The Morgan fingerprint density at radius 1 is 0.548 bits per heavy atom. The first-order valence-corrected chi connectivity index (χ1v) is 11.6. The van der Waals surface area contributed by atoms with Crippen molar-refractivity contribution in [1.29, 1.82) is 0 Å². The van der Waals surface area contributed by atoms with Gasteiger partial charge in [-0.15, -0.1) is 0 Å². The highest BCUT2D eigenvalue weighted by atomic mass is 16.6. The lowest BCUT2D eigenvalue weighted by atomic mass is 9.85. The molecule has 0 unspecified atom stereocenters. The summed E-state index contributed by atoms with van der Waals surface area (Å²) in [5.41, 5.74) is 0. The molecule has 0 aromatic heterocycles. The van der Waals surface area contributed by atoms with Crippen LogP contribution in [0.4, 0.5) is 0 Å². The van der Waals surface area contributed by atoms with E-state index in [2.05, 4.69) is 0 Å². The first-order valence-electron chi connectivity index (χ1n) is 11.6. The summed E-state index contributed by atoms with van der Waals surface area (Å²) < 4.78 is 16.5. The molecule has 3 saturated carbocycles. The van der Waals surface area contributed by atoms with Crippen LogP contribution in [-0.4, -0.2) is 47.3 Å². The molecule has 8 nitrogen and oxygen atoms in total. The van der Waals surface area contributed by atoms with Crippen LogP contribution in [0.3, 0.4) is 0 Å². The lowest BCUT2D eigenvalue weighted by molar-refractivity contribution is -0.162. The molecule has 3 aliphatic rings. The molecule has 0 aromatic carbocycles. The number of aliphatic carboxylic acids is 1. The highest BCUT2D eigenvalue weighted by molar-refractivity contribution is 5.74. The predicted molar refractivity (Wildman–Crippen MR) is 109 cm³/mol. The second-order valence-corrected chi connectivity index (χ2v) is 9.24. The molecular weight excluding hydrogens is 404 g/mol. The van der Waals surface area contributed by atoms with Gasteiger partial charge in [-0.25, -0.2) is 0 Å². The van der Waals surface area contributed by atoms with Gasteiger partial charge in [-0.2, -0.15) is 0 Å². The van der Waals surface area contributed by atoms with E-state index >= 15 is 0 Å². The van der Waals surface area contributed by atoms with Gasteiger partial charge < -0.3 is 19.3 Å². The lowest BCUT2D eigenvalue weighted by Crippen LogP contribution is -2.34. The van der Waals surface area contributed by atoms with Crippen LogP contribution in [0.2, 0.25) is 0 Å². The van der Waals surface area contributed by atoms with Gasteiger partial charge >= 0.3 is 23.9 Å². The van der Waals surface area contributed by atoms with Gasteiger partial charge in [0.15, 0.2) is 0 Å². The van der Waals surface area contributed by atoms with Crippen molar-refractivity contribution in [2.45, 2.75) is 102 Å². The van der Waals surface area contributed by atoms with Crippen LogP contribution in [0.15, 0.2) is 0 Å². The summed E-state index contributed by atoms with van der Waals surface area (Å²) in [4.78, 5) is 47.0. The molecule has 174 valence electrons. The number of carbonyl (C=O) groups excluding carboxylic acids is 3. The molecule has 0 saturated heterocycles. The third-order valence-corrected chi connectivity index (χ3v) is 6.94. The van der Waals surface area contributed by atoms with E-state index in [9.17, 15) is 19.2 Å². The minimum Gasteiger partial charge on any atom is -0.481 e. The van der Waals surface area contributed by atoms with E-state index in [-0.39, 0.29) is 54.0 Å². The minimum atomic E-state index is -0.768. The summed E-state index contributed by atoms with van der Waals surface area (Å²) in [6.07, 6.45) is 7.18. The zero-order chi connectivity index (χ0) is 22.4. The highest BCUT2D eigenvalue weighted by Gasteiger charge is 2.35. The van der Waals surface area contributed by atoms with Gasteiger partial charge in [-0.1, -0.05) is 0 Å². The van der Waals surface area contributed by atoms with Gasteiger partial charge in [-0.3, -0.25) is 19.2 Å². The SMILES string of the molecule is CC(=O)OC1CCC(C(=O)OC2CCC(C(=O)OC3CCC(C(=O)O)CC3)CC2)CC1. The first kappa shape index (κ1) is 23.5. The van der Waals surface area contributed by atoms with E-state index in [1.54, 1.807) is 0 Å². The summed E-state index contributed by atoms with van der Waals surface area (Å²) in [5.74, 6) is -2.07. The largest absolute Gasteiger partial charge is 0.481 e. The Hall–Kier alpha value is -2.12. The standard InChI is InChI=1S/C23H34O8/c1-14(24)29-18-10-4-16(5-11-18)22(27)31-20-12-6-17(7-13-20)23(28)30-19-8-2-15(3-9-19)21(25)26/h15-20H,2-13H2,1H3,(H,25,26). The summed E-state index contributed by atoms with van der Waals surface area (Å²) in [7, 11) is 0.